The Kier molecular flexibility index (Phi) is 6.38. The van der Waals surface area contributed by atoms with Gasteiger partial charge in [0.15, 0.2) is 0 Å². The number of hydrogen-bond acceptors (Lipinski definition) is 2. The lowest BCUT2D eigenvalue weighted by molar-refractivity contribution is 0.461. The molecule has 1 aliphatic rings. The lowest BCUT2D eigenvalue weighted by Crippen LogP contribution is -2.36. The van der Waals surface area contributed by atoms with Gasteiger partial charge in [-0.2, -0.15) is 0 Å². The minimum atomic E-state index is -0.551. The van der Waals surface area contributed by atoms with Crippen molar-refractivity contribution in [2.24, 2.45) is 11.8 Å². The molecule has 0 amide bonds. The van der Waals surface area contributed by atoms with Gasteiger partial charge in [0.05, 0.1) is 5.41 Å². The summed E-state index contributed by atoms with van der Waals surface area (Å²) in [6.45, 7) is 8.74. The topological polar surface area (TPSA) is 40.5 Å². The van der Waals surface area contributed by atoms with Gasteiger partial charge in [-0.25, -0.2) is 0 Å². The van der Waals surface area contributed by atoms with Crippen LogP contribution in [0, 0.1) is 11.8 Å². The first-order valence-corrected chi connectivity index (χ1v) is 13.1. The highest BCUT2D eigenvalue weighted by atomic mass is 16.3. The van der Waals surface area contributed by atoms with Crippen LogP contribution in [0.15, 0.2) is 84.9 Å². The molecule has 0 unspecified atom stereocenters. The number of hydrogen-bond donors (Lipinski definition) is 2. The Morgan fingerprint density at radius 1 is 0.611 bits per heavy atom. The molecule has 0 bridgehead atoms. The third kappa shape index (κ3) is 4.09. The molecule has 5 rings (SSSR count). The molecule has 2 heteroatoms. The van der Waals surface area contributed by atoms with Crippen molar-refractivity contribution >= 4 is 0 Å². The van der Waals surface area contributed by atoms with Gasteiger partial charge >= 0.3 is 0 Å². The molecule has 36 heavy (non-hydrogen) atoms. The molecular weight excluding hydrogens is 440 g/mol. The van der Waals surface area contributed by atoms with E-state index in [0.717, 1.165) is 41.5 Å². The third-order valence-corrected chi connectivity index (χ3v) is 7.50. The highest BCUT2D eigenvalue weighted by Crippen LogP contribution is 2.52. The molecule has 0 heterocycles. The van der Waals surface area contributed by atoms with E-state index >= 15 is 0 Å². The maximum atomic E-state index is 10.8. The van der Waals surface area contributed by atoms with Gasteiger partial charge in [-0.15, -0.1) is 0 Å². The Labute approximate surface area is 215 Å². The molecule has 1 aliphatic carbocycles. The summed E-state index contributed by atoms with van der Waals surface area (Å²) in [5.41, 5.74) is 8.86. The van der Waals surface area contributed by atoms with Crippen LogP contribution in [0.4, 0.5) is 0 Å². The molecule has 184 valence electrons. The Hall–Kier alpha value is -3.52. The highest BCUT2D eigenvalue weighted by Gasteiger charge is 2.44. The third-order valence-electron chi connectivity index (χ3n) is 7.50. The van der Waals surface area contributed by atoms with Gasteiger partial charge in [-0.1, -0.05) is 100 Å². The molecule has 0 fully saturated rings. The second kappa shape index (κ2) is 9.50. The van der Waals surface area contributed by atoms with Crippen molar-refractivity contribution in [1.29, 1.82) is 0 Å². The predicted molar refractivity (Wildman–Crippen MR) is 148 cm³/mol. The van der Waals surface area contributed by atoms with Crippen molar-refractivity contribution in [3.63, 3.8) is 0 Å². The molecule has 0 atom stereocenters. The summed E-state index contributed by atoms with van der Waals surface area (Å²) in [4.78, 5) is 0. The average Bonchev–Trinajstić information content (AvgIpc) is 2.85. The van der Waals surface area contributed by atoms with Crippen molar-refractivity contribution in [3.05, 3.63) is 129 Å². The summed E-state index contributed by atoms with van der Waals surface area (Å²) in [7, 11) is 0. The second-order valence-corrected chi connectivity index (χ2v) is 11.1. The van der Waals surface area contributed by atoms with Gasteiger partial charge in [-0.05, 0) is 87.7 Å². The molecule has 4 aromatic carbocycles. The van der Waals surface area contributed by atoms with Gasteiger partial charge < -0.3 is 10.2 Å². The SMILES string of the molecule is CC(C)Cc1cc(C2(c3ccc(O)c(CC(C)C)c3)c3ccccc3Cc3ccccc32)ccc1O. The molecule has 0 radical (unpaired) electrons. The molecule has 2 N–H and O–H groups in total. The number of phenols is 2. The first-order chi connectivity index (χ1) is 17.3. The van der Waals surface area contributed by atoms with E-state index in [1.54, 1.807) is 0 Å². The zero-order chi connectivity index (χ0) is 25.4. The summed E-state index contributed by atoms with van der Waals surface area (Å²) < 4.78 is 0. The van der Waals surface area contributed by atoms with E-state index in [1.165, 1.54) is 22.3 Å². The van der Waals surface area contributed by atoms with Crippen molar-refractivity contribution < 1.29 is 10.2 Å². The zero-order valence-electron chi connectivity index (χ0n) is 21.8. The van der Waals surface area contributed by atoms with Gasteiger partial charge in [0.2, 0.25) is 0 Å². The van der Waals surface area contributed by atoms with E-state index in [-0.39, 0.29) is 0 Å². The van der Waals surface area contributed by atoms with Crippen LogP contribution in [0.5, 0.6) is 11.5 Å². The number of aromatic hydroxyl groups is 2. The Morgan fingerprint density at radius 3 is 1.44 bits per heavy atom. The van der Waals surface area contributed by atoms with E-state index in [0.29, 0.717) is 23.3 Å². The fourth-order valence-corrected chi connectivity index (χ4v) is 6.06. The lowest BCUT2D eigenvalue weighted by atomic mass is 9.59. The summed E-state index contributed by atoms with van der Waals surface area (Å²) >= 11 is 0. The summed E-state index contributed by atoms with van der Waals surface area (Å²) in [6, 6.07) is 29.8. The maximum Gasteiger partial charge on any atom is 0.118 e. The minimum absolute atomic E-state index is 0.353. The minimum Gasteiger partial charge on any atom is -0.508 e. The van der Waals surface area contributed by atoms with E-state index in [4.69, 9.17) is 0 Å². The Morgan fingerprint density at radius 2 is 1.03 bits per heavy atom. The average molecular weight is 477 g/mol. The largest absolute Gasteiger partial charge is 0.508 e. The molecular formula is C34H36O2. The highest BCUT2D eigenvalue weighted by molar-refractivity contribution is 5.68. The smallest absolute Gasteiger partial charge is 0.118 e. The fraction of sp³-hybridized carbons (Fsp3) is 0.294. The number of rotatable bonds is 6. The van der Waals surface area contributed by atoms with Gasteiger partial charge in [0.25, 0.3) is 0 Å². The molecule has 0 saturated heterocycles. The number of phenolic OH excluding ortho intramolecular Hbond substituents is 2. The summed E-state index contributed by atoms with van der Waals surface area (Å²) in [6.07, 6.45) is 2.52. The van der Waals surface area contributed by atoms with Crippen molar-refractivity contribution in [1.82, 2.24) is 0 Å². The molecule has 0 aromatic heterocycles. The van der Waals surface area contributed by atoms with E-state index in [9.17, 15) is 10.2 Å². The first-order valence-electron chi connectivity index (χ1n) is 13.1. The molecule has 0 spiro atoms. The predicted octanol–water partition coefficient (Wildman–Crippen LogP) is 7.78. The van der Waals surface area contributed by atoms with Crippen molar-refractivity contribution in [2.75, 3.05) is 0 Å². The number of fused-ring (bicyclic) bond motifs is 2. The van der Waals surface area contributed by atoms with E-state index < -0.39 is 5.41 Å². The van der Waals surface area contributed by atoms with Crippen molar-refractivity contribution in [2.45, 2.75) is 52.4 Å². The van der Waals surface area contributed by atoms with Crippen LogP contribution in [-0.4, -0.2) is 10.2 Å². The molecule has 0 saturated carbocycles. The van der Waals surface area contributed by atoms with E-state index in [1.807, 2.05) is 12.1 Å². The summed E-state index contributed by atoms with van der Waals surface area (Å²) in [5.74, 6) is 1.57. The van der Waals surface area contributed by atoms with Crippen molar-refractivity contribution in [3.8, 4) is 11.5 Å². The first kappa shape index (κ1) is 24.2. The maximum absolute atomic E-state index is 10.8. The van der Waals surface area contributed by atoms with Crippen LogP contribution in [0.2, 0.25) is 0 Å². The lowest BCUT2D eigenvalue weighted by Gasteiger charge is -2.43. The van der Waals surface area contributed by atoms with Crippen LogP contribution < -0.4 is 0 Å². The van der Waals surface area contributed by atoms with Crippen LogP contribution >= 0.6 is 0 Å². The monoisotopic (exact) mass is 476 g/mol. The molecule has 4 aromatic rings. The molecule has 2 nitrogen and oxygen atoms in total. The number of benzene rings is 4. The summed E-state index contributed by atoms with van der Waals surface area (Å²) in [5, 5.41) is 21.5. The normalized spacial score (nSPS) is 14.1. The van der Waals surface area contributed by atoms with Crippen LogP contribution in [0.25, 0.3) is 0 Å². The van der Waals surface area contributed by atoms with Crippen LogP contribution in [0.1, 0.15) is 72.2 Å². The van der Waals surface area contributed by atoms with Gasteiger partial charge in [-0.3, -0.25) is 0 Å². The Bertz CT molecular complexity index is 1290. The molecule has 0 aliphatic heterocycles. The zero-order valence-corrected chi connectivity index (χ0v) is 21.8. The van der Waals surface area contributed by atoms with E-state index in [2.05, 4.69) is 100 Å². The Balaban J connectivity index is 1.89. The van der Waals surface area contributed by atoms with Gasteiger partial charge in [0, 0.05) is 0 Å². The van der Waals surface area contributed by atoms with Crippen LogP contribution in [-0.2, 0) is 24.7 Å². The quantitative estimate of drug-likeness (QED) is 0.263. The van der Waals surface area contributed by atoms with Gasteiger partial charge in [0.1, 0.15) is 11.5 Å². The van der Waals surface area contributed by atoms with Crippen LogP contribution in [0.3, 0.4) is 0 Å². The standard InChI is InChI=1S/C34H36O2/c1-22(2)17-26-20-28(13-15-32(26)35)34(29-14-16-33(36)27(21-29)18-23(3)4)30-11-7-5-9-24(30)19-25-10-6-8-12-31(25)34/h5-16,20-23,35-36H,17-19H2,1-4H3. The fourth-order valence-electron chi connectivity index (χ4n) is 6.06. The second-order valence-electron chi connectivity index (χ2n) is 11.1.